The van der Waals surface area contributed by atoms with Gasteiger partial charge in [-0.05, 0) is 6.07 Å². The van der Waals surface area contributed by atoms with Gasteiger partial charge >= 0.3 is 0 Å². The van der Waals surface area contributed by atoms with Gasteiger partial charge in [0.2, 0.25) is 0 Å². The summed E-state index contributed by atoms with van der Waals surface area (Å²) in [4.78, 5) is 0. The summed E-state index contributed by atoms with van der Waals surface area (Å²) in [5, 5.41) is 0. The molecule has 2 N–H and O–H groups in total. The van der Waals surface area contributed by atoms with E-state index in [-0.39, 0.29) is 6.10 Å². The van der Waals surface area contributed by atoms with Crippen LogP contribution in [-0.2, 0) is 11.3 Å². The predicted molar refractivity (Wildman–Crippen MR) is 58.8 cm³/mol. The number of ether oxygens (including phenoxy) is 2. The Labute approximate surface area is 90.2 Å². The Morgan fingerprint density at radius 1 is 1.27 bits per heavy atom. The van der Waals surface area contributed by atoms with Gasteiger partial charge in [0.15, 0.2) is 0 Å². The highest BCUT2D eigenvalue weighted by Gasteiger charge is 2.16. The van der Waals surface area contributed by atoms with Gasteiger partial charge in [0.25, 0.3) is 0 Å². The van der Waals surface area contributed by atoms with Gasteiger partial charge in [-0.15, -0.1) is 0 Å². The third-order valence-electron chi connectivity index (χ3n) is 2.65. The SMILES string of the molecule is NCc1ccccc1OC1CCOCC1. The van der Waals surface area contributed by atoms with E-state index in [1.54, 1.807) is 0 Å². The van der Waals surface area contributed by atoms with Crippen LogP contribution in [0.25, 0.3) is 0 Å². The molecule has 3 nitrogen and oxygen atoms in total. The summed E-state index contributed by atoms with van der Waals surface area (Å²) in [6, 6.07) is 7.96. The molecule has 0 unspecified atom stereocenters. The Balaban J connectivity index is 2.02. The number of para-hydroxylation sites is 1. The van der Waals surface area contributed by atoms with Crippen molar-refractivity contribution in [3.8, 4) is 5.75 Å². The number of hydrogen-bond donors (Lipinski definition) is 1. The fourth-order valence-corrected chi connectivity index (χ4v) is 1.76. The van der Waals surface area contributed by atoms with Crippen LogP contribution in [0.1, 0.15) is 18.4 Å². The second-order valence-corrected chi connectivity index (χ2v) is 3.74. The molecule has 0 aliphatic carbocycles. The molecule has 0 saturated carbocycles. The fourth-order valence-electron chi connectivity index (χ4n) is 1.76. The zero-order valence-electron chi connectivity index (χ0n) is 8.82. The maximum atomic E-state index is 5.92. The monoisotopic (exact) mass is 207 g/mol. The van der Waals surface area contributed by atoms with Crippen molar-refractivity contribution in [1.82, 2.24) is 0 Å². The molecule has 0 aromatic heterocycles. The normalized spacial score (nSPS) is 17.7. The van der Waals surface area contributed by atoms with Crippen molar-refractivity contribution in [2.45, 2.75) is 25.5 Å². The Kier molecular flexibility index (Phi) is 3.59. The molecule has 0 spiro atoms. The second-order valence-electron chi connectivity index (χ2n) is 3.74. The van der Waals surface area contributed by atoms with Gasteiger partial charge in [-0.1, -0.05) is 18.2 Å². The molecule has 0 bridgehead atoms. The molecular formula is C12H17NO2. The zero-order valence-corrected chi connectivity index (χ0v) is 8.82. The van der Waals surface area contributed by atoms with Crippen LogP contribution in [-0.4, -0.2) is 19.3 Å². The lowest BCUT2D eigenvalue weighted by molar-refractivity contribution is 0.0252. The van der Waals surface area contributed by atoms with Crippen molar-refractivity contribution in [3.63, 3.8) is 0 Å². The van der Waals surface area contributed by atoms with Gasteiger partial charge in [0.05, 0.1) is 13.2 Å². The minimum absolute atomic E-state index is 0.284. The summed E-state index contributed by atoms with van der Waals surface area (Å²) in [5.41, 5.74) is 6.72. The van der Waals surface area contributed by atoms with E-state index in [0.717, 1.165) is 37.4 Å². The molecule has 1 saturated heterocycles. The van der Waals surface area contributed by atoms with Gasteiger partial charge in [-0.2, -0.15) is 0 Å². The van der Waals surface area contributed by atoms with Crippen LogP contribution in [0.2, 0.25) is 0 Å². The molecule has 0 atom stereocenters. The summed E-state index contributed by atoms with van der Waals surface area (Å²) in [7, 11) is 0. The predicted octanol–water partition coefficient (Wildman–Crippen LogP) is 1.70. The highest BCUT2D eigenvalue weighted by atomic mass is 16.5. The zero-order chi connectivity index (χ0) is 10.5. The molecule has 1 aromatic rings. The lowest BCUT2D eigenvalue weighted by Crippen LogP contribution is -2.26. The van der Waals surface area contributed by atoms with Crippen molar-refractivity contribution in [3.05, 3.63) is 29.8 Å². The molecule has 2 rings (SSSR count). The first-order chi connectivity index (χ1) is 7.40. The Morgan fingerprint density at radius 2 is 2.00 bits per heavy atom. The third-order valence-corrected chi connectivity index (χ3v) is 2.65. The van der Waals surface area contributed by atoms with Crippen LogP contribution in [0.5, 0.6) is 5.75 Å². The van der Waals surface area contributed by atoms with Gasteiger partial charge in [0.1, 0.15) is 11.9 Å². The molecule has 15 heavy (non-hydrogen) atoms. The van der Waals surface area contributed by atoms with Crippen molar-refractivity contribution in [2.75, 3.05) is 13.2 Å². The van der Waals surface area contributed by atoms with Crippen molar-refractivity contribution < 1.29 is 9.47 Å². The quantitative estimate of drug-likeness (QED) is 0.820. The minimum Gasteiger partial charge on any atom is -0.490 e. The van der Waals surface area contributed by atoms with E-state index in [1.807, 2.05) is 24.3 Å². The first-order valence-corrected chi connectivity index (χ1v) is 5.42. The van der Waals surface area contributed by atoms with E-state index in [1.165, 1.54) is 0 Å². The summed E-state index contributed by atoms with van der Waals surface area (Å²) >= 11 is 0. The van der Waals surface area contributed by atoms with Gasteiger partial charge < -0.3 is 15.2 Å². The van der Waals surface area contributed by atoms with E-state index >= 15 is 0 Å². The van der Waals surface area contributed by atoms with Crippen LogP contribution < -0.4 is 10.5 Å². The van der Waals surface area contributed by atoms with Crippen LogP contribution in [0, 0.1) is 0 Å². The van der Waals surface area contributed by atoms with E-state index in [2.05, 4.69) is 0 Å². The Hall–Kier alpha value is -1.06. The van der Waals surface area contributed by atoms with Crippen molar-refractivity contribution in [1.29, 1.82) is 0 Å². The summed E-state index contributed by atoms with van der Waals surface area (Å²) in [6.07, 6.45) is 2.23. The van der Waals surface area contributed by atoms with E-state index in [9.17, 15) is 0 Å². The Bertz CT molecular complexity index is 308. The average molecular weight is 207 g/mol. The van der Waals surface area contributed by atoms with Gasteiger partial charge in [-0.25, -0.2) is 0 Å². The van der Waals surface area contributed by atoms with Crippen LogP contribution in [0.15, 0.2) is 24.3 Å². The second kappa shape index (κ2) is 5.14. The minimum atomic E-state index is 0.284. The number of benzene rings is 1. The van der Waals surface area contributed by atoms with E-state index in [0.29, 0.717) is 6.54 Å². The van der Waals surface area contributed by atoms with E-state index in [4.69, 9.17) is 15.2 Å². The highest BCUT2D eigenvalue weighted by Crippen LogP contribution is 2.21. The number of rotatable bonds is 3. The summed E-state index contributed by atoms with van der Waals surface area (Å²) < 4.78 is 11.2. The van der Waals surface area contributed by atoms with Crippen LogP contribution >= 0.6 is 0 Å². The van der Waals surface area contributed by atoms with Crippen molar-refractivity contribution >= 4 is 0 Å². The smallest absolute Gasteiger partial charge is 0.124 e. The topological polar surface area (TPSA) is 44.5 Å². The number of hydrogen-bond acceptors (Lipinski definition) is 3. The van der Waals surface area contributed by atoms with Gasteiger partial charge in [-0.3, -0.25) is 0 Å². The maximum Gasteiger partial charge on any atom is 0.124 e. The largest absolute Gasteiger partial charge is 0.490 e. The highest BCUT2D eigenvalue weighted by molar-refractivity contribution is 5.33. The average Bonchev–Trinajstić information content (AvgIpc) is 2.31. The molecule has 1 fully saturated rings. The maximum absolute atomic E-state index is 5.92. The van der Waals surface area contributed by atoms with Gasteiger partial charge in [0, 0.05) is 24.9 Å². The molecule has 1 aliphatic rings. The lowest BCUT2D eigenvalue weighted by atomic mass is 10.1. The fraction of sp³-hybridized carbons (Fsp3) is 0.500. The molecule has 1 aromatic carbocycles. The first-order valence-electron chi connectivity index (χ1n) is 5.42. The lowest BCUT2D eigenvalue weighted by Gasteiger charge is -2.24. The standard InChI is InChI=1S/C12H17NO2/c13-9-10-3-1-2-4-12(10)15-11-5-7-14-8-6-11/h1-4,11H,5-9,13H2. The molecule has 0 radical (unpaired) electrons. The third kappa shape index (κ3) is 2.70. The molecule has 1 aliphatic heterocycles. The first kappa shape index (κ1) is 10.5. The van der Waals surface area contributed by atoms with Crippen LogP contribution in [0.4, 0.5) is 0 Å². The molecule has 82 valence electrons. The summed E-state index contributed by atoms with van der Waals surface area (Å²) in [6.45, 7) is 2.13. The molecule has 1 heterocycles. The number of nitrogens with two attached hydrogens (primary N) is 1. The molecular weight excluding hydrogens is 190 g/mol. The molecule has 0 amide bonds. The summed E-state index contributed by atoms with van der Waals surface area (Å²) in [5.74, 6) is 0.923. The van der Waals surface area contributed by atoms with Crippen molar-refractivity contribution in [2.24, 2.45) is 5.73 Å². The van der Waals surface area contributed by atoms with Crippen LogP contribution in [0.3, 0.4) is 0 Å². The Morgan fingerprint density at radius 3 is 2.73 bits per heavy atom. The molecule has 3 heteroatoms. The van der Waals surface area contributed by atoms with E-state index < -0.39 is 0 Å².